The van der Waals surface area contributed by atoms with Crippen molar-refractivity contribution in [2.75, 3.05) is 19.8 Å². The van der Waals surface area contributed by atoms with E-state index in [9.17, 15) is 4.79 Å². The average molecular weight is 159 g/mol. The van der Waals surface area contributed by atoms with Crippen molar-refractivity contribution in [1.82, 2.24) is 0 Å². The van der Waals surface area contributed by atoms with E-state index < -0.39 is 5.91 Å². The number of nitrogens with two attached hydrogens (primary N) is 1. The molecule has 1 aliphatic rings. The largest absolute Gasteiger partial charge is 0.381 e. The minimum atomic E-state index is -0.406. The molecule has 0 bridgehead atoms. The number of hydrogen-bond acceptors (Lipinski definition) is 3. The molecule has 0 aliphatic carbocycles. The minimum Gasteiger partial charge on any atom is -0.381 e. The smallest absolute Gasteiger partial charge is 0.243 e. The second kappa shape index (κ2) is 4.31. The molecule has 2 N–H and O–H groups in total. The van der Waals surface area contributed by atoms with Crippen LogP contribution >= 0.6 is 0 Å². The van der Waals surface area contributed by atoms with Crippen LogP contribution in [0.25, 0.3) is 0 Å². The first-order chi connectivity index (χ1) is 5.29. The third-order valence-electron chi connectivity index (χ3n) is 1.63. The molecule has 0 aromatic heterocycles. The quantitative estimate of drug-likeness (QED) is 0.613. The van der Waals surface area contributed by atoms with Gasteiger partial charge in [0.1, 0.15) is 6.61 Å². The number of rotatable bonds is 3. The fourth-order valence-electron chi connectivity index (χ4n) is 1.04. The maximum Gasteiger partial charge on any atom is 0.243 e. The molecule has 1 aliphatic heterocycles. The lowest BCUT2D eigenvalue weighted by atomic mass is 10.2. The van der Waals surface area contributed by atoms with E-state index in [4.69, 9.17) is 15.2 Å². The molecule has 1 heterocycles. The summed E-state index contributed by atoms with van der Waals surface area (Å²) < 4.78 is 10.3. The van der Waals surface area contributed by atoms with Crippen LogP contribution in [-0.2, 0) is 14.3 Å². The Balaban J connectivity index is 2.09. The van der Waals surface area contributed by atoms with Crippen LogP contribution in [0.1, 0.15) is 12.8 Å². The van der Waals surface area contributed by atoms with E-state index in [2.05, 4.69) is 0 Å². The van der Waals surface area contributed by atoms with E-state index in [-0.39, 0.29) is 12.7 Å². The van der Waals surface area contributed by atoms with Gasteiger partial charge in [0.2, 0.25) is 5.91 Å². The fraction of sp³-hybridized carbons (Fsp3) is 0.857. The summed E-state index contributed by atoms with van der Waals surface area (Å²) in [5, 5.41) is 0. The first-order valence-corrected chi connectivity index (χ1v) is 3.76. The second-order valence-electron chi connectivity index (χ2n) is 2.59. The van der Waals surface area contributed by atoms with Gasteiger partial charge in [0.25, 0.3) is 0 Å². The minimum absolute atomic E-state index is 0.0324. The van der Waals surface area contributed by atoms with Gasteiger partial charge in [0.15, 0.2) is 0 Å². The first-order valence-electron chi connectivity index (χ1n) is 3.76. The number of hydrogen-bond donors (Lipinski definition) is 1. The molecular formula is C7H13NO3. The molecular weight excluding hydrogens is 146 g/mol. The molecule has 0 aromatic carbocycles. The van der Waals surface area contributed by atoms with Gasteiger partial charge < -0.3 is 15.2 Å². The van der Waals surface area contributed by atoms with E-state index in [1.165, 1.54) is 0 Å². The Kier molecular flexibility index (Phi) is 3.32. The predicted octanol–water partition coefficient (Wildman–Crippen LogP) is -0.333. The Hall–Kier alpha value is -0.610. The Labute approximate surface area is 65.7 Å². The molecule has 4 heteroatoms. The fourth-order valence-corrected chi connectivity index (χ4v) is 1.04. The molecule has 0 saturated carbocycles. The Morgan fingerprint density at radius 2 is 2.18 bits per heavy atom. The number of amides is 1. The van der Waals surface area contributed by atoms with Crippen LogP contribution in [0.15, 0.2) is 0 Å². The third-order valence-corrected chi connectivity index (χ3v) is 1.63. The molecule has 0 aromatic rings. The summed E-state index contributed by atoms with van der Waals surface area (Å²) in [6.45, 7) is 1.48. The van der Waals surface area contributed by atoms with Crippen LogP contribution < -0.4 is 5.73 Å². The van der Waals surface area contributed by atoms with Crippen LogP contribution in [0.5, 0.6) is 0 Å². The zero-order valence-corrected chi connectivity index (χ0v) is 6.41. The highest BCUT2D eigenvalue weighted by molar-refractivity contribution is 5.74. The number of primary amides is 1. The maximum atomic E-state index is 10.3. The van der Waals surface area contributed by atoms with Gasteiger partial charge in [-0.05, 0) is 12.8 Å². The molecule has 1 saturated heterocycles. The van der Waals surface area contributed by atoms with E-state index >= 15 is 0 Å². The molecule has 0 radical (unpaired) electrons. The monoisotopic (exact) mass is 159 g/mol. The van der Waals surface area contributed by atoms with Crippen LogP contribution in [0.4, 0.5) is 0 Å². The molecule has 1 rings (SSSR count). The van der Waals surface area contributed by atoms with Crippen molar-refractivity contribution >= 4 is 5.91 Å². The van der Waals surface area contributed by atoms with E-state index in [1.807, 2.05) is 0 Å². The lowest BCUT2D eigenvalue weighted by Gasteiger charge is -2.21. The number of ether oxygens (including phenoxy) is 2. The molecule has 64 valence electrons. The Bertz CT molecular complexity index is 132. The third kappa shape index (κ3) is 3.34. The lowest BCUT2D eigenvalue weighted by Crippen LogP contribution is -2.28. The summed E-state index contributed by atoms with van der Waals surface area (Å²) in [6.07, 6.45) is 1.90. The summed E-state index contributed by atoms with van der Waals surface area (Å²) in [7, 11) is 0. The van der Waals surface area contributed by atoms with Gasteiger partial charge in [-0.3, -0.25) is 4.79 Å². The highest BCUT2D eigenvalue weighted by atomic mass is 16.5. The van der Waals surface area contributed by atoms with Crippen molar-refractivity contribution in [1.29, 1.82) is 0 Å². The Morgan fingerprint density at radius 3 is 2.73 bits per heavy atom. The first kappa shape index (κ1) is 8.49. The van der Waals surface area contributed by atoms with E-state index in [0.29, 0.717) is 0 Å². The molecule has 1 fully saturated rings. The van der Waals surface area contributed by atoms with Crippen LogP contribution in [-0.4, -0.2) is 31.8 Å². The second-order valence-corrected chi connectivity index (χ2v) is 2.59. The van der Waals surface area contributed by atoms with Crippen molar-refractivity contribution in [3.63, 3.8) is 0 Å². The van der Waals surface area contributed by atoms with Crippen molar-refractivity contribution < 1.29 is 14.3 Å². The SMILES string of the molecule is NC(=O)COC1CCOCC1. The zero-order valence-electron chi connectivity index (χ0n) is 6.41. The average Bonchev–Trinajstić information content (AvgIpc) is 2.03. The summed E-state index contributed by atoms with van der Waals surface area (Å²) in [5.74, 6) is -0.406. The molecule has 4 nitrogen and oxygen atoms in total. The topological polar surface area (TPSA) is 61.6 Å². The van der Waals surface area contributed by atoms with Gasteiger partial charge in [-0.1, -0.05) is 0 Å². The maximum absolute atomic E-state index is 10.3. The number of carbonyl (C=O) groups is 1. The zero-order chi connectivity index (χ0) is 8.10. The Morgan fingerprint density at radius 1 is 1.55 bits per heavy atom. The molecule has 0 unspecified atom stereocenters. The van der Waals surface area contributed by atoms with Crippen molar-refractivity contribution in [3.05, 3.63) is 0 Å². The number of carbonyl (C=O) groups excluding carboxylic acids is 1. The van der Waals surface area contributed by atoms with Crippen LogP contribution in [0.3, 0.4) is 0 Å². The molecule has 1 amide bonds. The van der Waals surface area contributed by atoms with Gasteiger partial charge in [-0.15, -0.1) is 0 Å². The van der Waals surface area contributed by atoms with E-state index in [0.717, 1.165) is 26.1 Å². The van der Waals surface area contributed by atoms with Gasteiger partial charge in [0, 0.05) is 13.2 Å². The predicted molar refractivity (Wildman–Crippen MR) is 39.0 cm³/mol. The normalized spacial score (nSPS) is 20.0. The van der Waals surface area contributed by atoms with Crippen molar-refractivity contribution in [3.8, 4) is 0 Å². The molecule has 0 atom stereocenters. The van der Waals surface area contributed by atoms with Crippen LogP contribution in [0.2, 0.25) is 0 Å². The highest BCUT2D eigenvalue weighted by Gasteiger charge is 2.14. The molecule has 11 heavy (non-hydrogen) atoms. The highest BCUT2D eigenvalue weighted by Crippen LogP contribution is 2.09. The van der Waals surface area contributed by atoms with Crippen molar-refractivity contribution in [2.45, 2.75) is 18.9 Å². The van der Waals surface area contributed by atoms with Gasteiger partial charge in [-0.25, -0.2) is 0 Å². The lowest BCUT2D eigenvalue weighted by molar-refractivity contribution is -0.126. The summed E-state index contributed by atoms with van der Waals surface area (Å²) >= 11 is 0. The van der Waals surface area contributed by atoms with E-state index in [1.54, 1.807) is 0 Å². The summed E-state index contributed by atoms with van der Waals surface area (Å²) in [5.41, 5.74) is 4.91. The summed E-state index contributed by atoms with van der Waals surface area (Å²) in [4.78, 5) is 10.3. The van der Waals surface area contributed by atoms with Crippen molar-refractivity contribution in [2.24, 2.45) is 5.73 Å². The van der Waals surface area contributed by atoms with Crippen LogP contribution in [0, 0.1) is 0 Å². The van der Waals surface area contributed by atoms with Gasteiger partial charge >= 0.3 is 0 Å². The standard InChI is InChI=1S/C7H13NO3/c8-7(9)5-11-6-1-3-10-4-2-6/h6H,1-5H2,(H2,8,9). The summed E-state index contributed by atoms with van der Waals surface area (Å²) in [6, 6.07) is 0. The van der Waals surface area contributed by atoms with Gasteiger partial charge in [0.05, 0.1) is 6.10 Å². The molecule has 0 spiro atoms. The van der Waals surface area contributed by atoms with Gasteiger partial charge in [-0.2, -0.15) is 0 Å².